The van der Waals surface area contributed by atoms with Crippen molar-refractivity contribution in [1.82, 2.24) is 5.32 Å². The van der Waals surface area contributed by atoms with Crippen molar-refractivity contribution in [1.29, 1.82) is 0 Å². The summed E-state index contributed by atoms with van der Waals surface area (Å²) in [6.45, 7) is 0. The van der Waals surface area contributed by atoms with Crippen molar-refractivity contribution >= 4 is 5.91 Å². The van der Waals surface area contributed by atoms with Gasteiger partial charge in [0, 0.05) is 12.5 Å². The lowest BCUT2D eigenvalue weighted by molar-refractivity contribution is -0.123. The van der Waals surface area contributed by atoms with E-state index in [0.717, 1.165) is 12.8 Å². The normalized spacial score (nSPS) is 27.2. The summed E-state index contributed by atoms with van der Waals surface area (Å²) in [5.41, 5.74) is 7.30. The second-order valence-corrected chi connectivity index (χ2v) is 6.35. The number of carbonyl (C=O) groups is 1. The van der Waals surface area contributed by atoms with E-state index in [2.05, 4.69) is 17.4 Å². The molecule has 0 aromatic heterocycles. The number of nitrogens with one attached hydrogen (secondary N) is 1. The minimum Gasteiger partial charge on any atom is -0.349 e. The molecule has 2 aliphatic carbocycles. The van der Waals surface area contributed by atoms with Gasteiger partial charge in [-0.3, -0.25) is 4.79 Å². The van der Waals surface area contributed by atoms with Crippen molar-refractivity contribution in [2.24, 2.45) is 17.6 Å². The molecule has 0 spiro atoms. The van der Waals surface area contributed by atoms with Gasteiger partial charge in [-0.25, -0.2) is 0 Å². The fraction of sp³-hybridized carbons (Fsp3) is 0.588. The van der Waals surface area contributed by atoms with Crippen LogP contribution in [-0.4, -0.2) is 11.9 Å². The molecule has 3 nitrogen and oxygen atoms in total. The highest BCUT2D eigenvalue weighted by molar-refractivity contribution is 5.77. The number of benzene rings is 1. The predicted octanol–water partition coefficient (Wildman–Crippen LogP) is 2.77. The van der Waals surface area contributed by atoms with Crippen LogP contribution in [0, 0.1) is 11.8 Å². The second kappa shape index (κ2) is 5.96. The van der Waals surface area contributed by atoms with Crippen LogP contribution in [0.3, 0.4) is 0 Å². The molecular weight excluding hydrogens is 248 g/mol. The van der Waals surface area contributed by atoms with Crippen LogP contribution in [0.25, 0.3) is 0 Å². The first kappa shape index (κ1) is 13.6. The Labute approximate surface area is 120 Å². The van der Waals surface area contributed by atoms with E-state index in [1.54, 1.807) is 0 Å². The molecule has 0 radical (unpaired) electrons. The van der Waals surface area contributed by atoms with Crippen LogP contribution in [0.1, 0.15) is 50.1 Å². The monoisotopic (exact) mass is 272 g/mol. The molecule has 2 saturated carbocycles. The van der Waals surface area contributed by atoms with Gasteiger partial charge in [-0.2, -0.15) is 0 Å². The van der Waals surface area contributed by atoms with Gasteiger partial charge in [0.2, 0.25) is 5.91 Å². The molecular formula is C17H24N2O. The summed E-state index contributed by atoms with van der Waals surface area (Å²) < 4.78 is 0. The van der Waals surface area contributed by atoms with E-state index < -0.39 is 0 Å². The van der Waals surface area contributed by atoms with Crippen LogP contribution in [0.5, 0.6) is 0 Å². The van der Waals surface area contributed by atoms with E-state index in [9.17, 15) is 4.79 Å². The summed E-state index contributed by atoms with van der Waals surface area (Å²) in [5, 5.41) is 3.25. The zero-order valence-corrected chi connectivity index (χ0v) is 11.9. The van der Waals surface area contributed by atoms with Gasteiger partial charge in [-0.05, 0) is 43.1 Å². The molecule has 1 unspecified atom stereocenters. The van der Waals surface area contributed by atoms with Crippen molar-refractivity contribution < 1.29 is 4.79 Å². The maximum Gasteiger partial charge on any atom is 0.220 e. The van der Waals surface area contributed by atoms with Crippen LogP contribution < -0.4 is 11.1 Å². The maximum absolute atomic E-state index is 12.3. The van der Waals surface area contributed by atoms with Gasteiger partial charge in [-0.1, -0.05) is 36.8 Å². The largest absolute Gasteiger partial charge is 0.349 e. The third-order valence-electron chi connectivity index (χ3n) is 4.73. The van der Waals surface area contributed by atoms with Crippen LogP contribution in [0.2, 0.25) is 0 Å². The Kier molecular flexibility index (Phi) is 4.06. The fourth-order valence-corrected chi connectivity index (χ4v) is 3.35. The molecule has 108 valence electrons. The zero-order chi connectivity index (χ0) is 13.9. The lowest BCUT2D eigenvalue weighted by atomic mass is 9.98. The van der Waals surface area contributed by atoms with Crippen molar-refractivity contribution in [3.8, 4) is 0 Å². The Morgan fingerprint density at radius 2 is 1.95 bits per heavy atom. The zero-order valence-electron chi connectivity index (χ0n) is 11.9. The van der Waals surface area contributed by atoms with E-state index in [0.29, 0.717) is 18.3 Å². The highest BCUT2D eigenvalue weighted by atomic mass is 16.1. The number of nitrogens with two attached hydrogens (primary N) is 1. The van der Waals surface area contributed by atoms with E-state index in [1.165, 1.54) is 24.8 Å². The number of hydrogen-bond donors (Lipinski definition) is 2. The molecule has 2 fully saturated rings. The standard InChI is InChI=1S/C17H24N2O/c18-15-8-4-7-14(15)11-16(20)19-17(13-9-10-13)12-5-2-1-3-6-12/h1-3,5-6,13-15,17H,4,7-11,18H2,(H,19,20)/t14-,15+,17?/m0/s1. The van der Waals surface area contributed by atoms with E-state index in [4.69, 9.17) is 5.73 Å². The average Bonchev–Trinajstić information content (AvgIpc) is 3.22. The van der Waals surface area contributed by atoms with Gasteiger partial charge in [0.1, 0.15) is 0 Å². The molecule has 1 aromatic carbocycles. The van der Waals surface area contributed by atoms with Crippen molar-refractivity contribution in [3.63, 3.8) is 0 Å². The fourth-order valence-electron chi connectivity index (χ4n) is 3.35. The molecule has 0 aliphatic heterocycles. The highest BCUT2D eigenvalue weighted by Gasteiger charge is 2.34. The van der Waals surface area contributed by atoms with Gasteiger partial charge in [0.25, 0.3) is 0 Å². The highest BCUT2D eigenvalue weighted by Crippen LogP contribution is 2.41. The second-order valence-electron chi connectivity index (χ2n) is 6.35. The van der Waals surface area contributed by atoms with Gasteiger partial charge in [0.15, 0.2) is 0 Å². The van der Waals surface area contributed by atoms with Crippen molar-refractivity contribution in [2.45, 2.75) is 50.6 Å². The Morgan fingerprint density at radius 1 is 1.20 bits per heavy atom. The van der Waals surface area contributed by atoms with E-state index in [-0.39, 0.29) is 18.0 Å². The molecule has 3 rings (SSSR count). The van der Waals surface area contributed by atoms with Gasteiger partial charge in [-0.15, -0.1) is 0 Å². The minimum absolute atomic E-state index is 0.174. The number of amides is 1. The third kappa shape index (κ3) is 3.21. The molecule has 0 bridgehead atoms. The quantitative estimate of drug-likeness (QED) is 0.866. The summed E-state index contributed by atoms with van der Waals surface area (Å²) >= 11 is 0. The molecule has 3 atom stereocenters. The number of rotatable bonds is 5. The maximum atomic E-state index is 12.3. The van der Waals surface area contributed by atoms with Gasteiger partial charge in [0.05, 0.1) is 6.04 Å². The lowest BCUT2D eigenvalue weighted by Gasteiger charge is -2.21. The average molecular weight is 272 g/mol. The lowest BCUT2D eigenvalue weighted by Crippen LogP contribution is -2.34. The Hall–Kier alpha value is -1.35. The van der Waals surface area contributed by atoms with Gasteiger partial charge >= 0.3 is 0 Å². The molecule has 3 heteroatoms. The van der Waals surface area contributed by atoms with Crippen LogP contribution >= 0.6 is 0 Å². The summed E-state index contributed by atoms with van der Waals surface area (Å²) in [7, 11) is 0. The molecule has 1 aromatic rings. The first-order chi connectivity index (χ1) is 9.74. The first-order valence-corrected chi connectivity index (χ1v) is 7.84. The van der Waals surface area contributed by atoms with Crippen LogP contribution in [-0.2, 0) is 4.79 Å². The minimum atomic E-state index is 0.174. The van der Waals surface area contributed by atoms with Gasteiger partial charge < -0.3 is 11.1 Å². The molecule has 2 aliphatic rings. The summed E-state index contributed by atoms with van der Waals surface area (Å²) in [6, 6.07) is 10.8. The van der Waals surface area contributed by atoms with E-state index >= 15 is 0 Å². The summed E-state index contributed by atoms with van der Waals surface area (Å²) in [4.78, 5) is 12.3. The molecule has 3 N–H and O–H groups in total. The first-order valence-electron chi connectivity index (χ1n) is 7.84. The molecule has 0 heterocycles. The topological polar surface area (TPSA) is 55.1 Å². The Balaban J connectivity index is 1.60. The number of hydrogen-bond acceptors (Lipinski definition) is 2. The molecule has 0 saturated heterocycles. The molecule has 20 heavy (non-hydrogen) atoms. The summed E-state index contributed by atoms with van der Waals surface area (Å²) in [6.07, 6.45) is 6.39. The SMILES string of the molecule is N[C@@H]1CCC[C@H]1CC(=O)NC(c1ccccc1)C1CC1. The Bertz CT molecular complexity index is 455. The number of carbonyl (C=O) groups excluding carboxylic acids is 1. The summed E-state index contributed by atoms with van der Waals surface area (Å²) in [5.74, 6) is 1.18. The van der Waals surface area contributed by atoms with Crippen molar-refractivity contribution in [2.75, 3.05) is 0 Å². The van der Waals surface area contributed by atoms with Crippen LogP contribution in [0.15, 0.2) is 30.3 Å². The predicted molar refractivity (Wildman–Crippen MR) is 80.0 cm³/mol. The third-order valence-corrected chi connectivity index (χ3v) is 4.73. The van der Waals surface area contributed by atoms with Crippen LogP contribution in [0.4, 0.5) is 0 Å². The van der Waals surface area contributed by atoms with Crippen molar-refractivity contribution in [3.05, 3.63) is 35.9 Å². The molecule has 1 amide bonds. The Morgan fingerprint density at radius 3 is 2.55 bits per heavy atom. The smallest absolute Gasteiger partial charge is 0.220 e. The van der Waals surface area contributed by atoms with E-state index in [1.807, 2.05) is 18.2 Å².